The van der Waals surface area contributed by atoms with Gasteiger partial charge in [0.1, 0.15) is 13.2 Å². The number of fused-ring (bicyclic) bond motifs is 2. The van der Waals surface area contributed by atoms with E-state index < -0.39 is 0 Å². The van der Waals surface area contributed by atoms with Crippen molar-refractivity contribution in [2.75, 3.05) is 35.1 Å². The Bertz CT molecular complexity index is 1270. The quantitative estimate of drug-likeness (QED) is 0.226. The zero-order chi connectivity index (χ0) is 24.5. The van der Waals surface area contributed by atoms with E-state index in [0.29, 0.717) is 24.8 Å². The maximum atomic E-state index is 5.72. The molecule has 8 heteroatoms. The lowest BCUT2D eigenvalue weighted by Crippen LogP contribution is -2.15. The monoisotopic (exact) mass is 489 g/mol. The van der Waals surface area contributed by atoms with Gasteiger partial charge in [-0.1, -0.05) is 39.0 Å². The highest BCUT2D eigenvalue weighted by molar-refractivity contribution is 8.00. The van der Waals surface area contributed by atoms with Gasteiger partial charge < -0.3 is 24.8 Å². The van der Waals surface area contributed by atoms with Gasteiger partial charge in [0, 0.05) is 28.9 Å². The van der Waals surface area contributed by atoms with Crippen molar-refractivity contribution in [2.45, 2.75) is 32.1 Å². The number of benzene rings is 3. The van der Waals surface area contributed by atoms with E-state index in [4.69, 9.17) is 19.4 Å². The van der Waals surface area contributed by atoms with E-state index >= 15 is 0 Å². The number of para-hydroxylation sites is 2. The predicted octanol–water partition coefficient (Wildman–Crippen LogP) is 7.11. The molecule has 1 aromatic heterocycles. The molecule has 0 radical (unpaired) electrons. The molecule has 1 aliphatic heterocycles. The van der Waals surface area contributed by atoms with E-state index in [1.54, 1.807) is 0 Å². The highest BCUT2D eigenvalue weighted by Crippen LogP contribution is 2.35. The van der Waals surface area contributed by atoms with Gasteiger partial charge in [0.2, 0.25) is 0 Å². The van der Waals surface area contributed by atoms with Gasteiger partial charge in [-0.25, -0.2) is 9.97 Å². The topological polar surface area (TPSA) is 80.3 Å². The average Bonchev–Trinajstić information content (AvgIpc) is 2.92. The Hall–Kier alpha value is -3.65. The lowest BCUT2D eigenvalue weighted by Gasteiger charge is -2.19. The Morgan fingerprint density at radius 3 is 2.31 bits per heavy atom. The summed E-state index contributed by atoms with van der Waals surface area (Å²) in [5.74, 6) is 2.76. The van der Waals surface area contributed by atoms with E-state index in [2.05, 4.69) is 40.5 Å². The molecule has 0 saturated heterocycles. The first-order chi connectivity index (χ1) is 17.3. The standard InChI is InChI=1S/C25H25N5O2S.C2H6/c1-2-12-26-17-6-5-7-19(15-17)33-30-25-24(28-20-8-3-4-9-21(20)29-25)27-18-10-11-22-23(16-18)32-14-13-31-22;1-2/h3-11,15-16,26H,2,12-14H2,1H3,(H,27,28)(H,29,30);1-2H3. The predicted molar refractivity (Wildman–Crippen MR) is 146 cm³/mol. The molecule has 3 N–H and O–H groups in total. The summed E-state index contributed by atoms with van der Waals surface area (Å²) in [4.78, 5) is 10.7. The number of aromatic nitrogens is 2. The smallest absolute Gasteiger partial charge is 0.180 e. The highest BCUT2D eigenvalue weighted by Gasteiger charge is 2.14. The van der Waals surface area contributed by atoms with Gasteiger partial charge in [-0.2, -0.15) is 0 Å². The van der Waals surface area contributed by atoms with Crippen molar-refractivity contribution >= 4 is 46.0 Å². The first-order valence-electron chi connectivity index (χ1n) is 12.0. The van der Waals surface area contributed by atoms with Crippen molar-refractivity contribution < 1.29 is 9.47 Å². The Balaban J connectivity index is 0.00000141. The van der Waals surface area contributed by atoms with Crippen molar-refractivity contribution in [2.24, 2.45) is 0 Å². The van der Waals surface area contributed by atoms with Crippen molar-refractivity contribution in [3.8, 4) is 11.5 Å². The minimum Gasteiger partial charge on any atom is -0.486 e. The summed E-state index contributed by atoms with van der Waals surface area (Å²) < 4.78 is 14.7. The number of ether oxygens (including phenoxy) is 2. The summed E-state index contributed by atoms with van der Waals surface area (Å²) in [5.41, 5.74) is 3.59. The largest absolute Gasteiger partial charge is 0.486 e. The third kappa shape index (κ3) is 6.27. The molecule has 0 bridgehead atoms. The number of nitrogens with one attached hydrogen (secondary N) is 3. The Kier molecular flexibility index (Phi) is 8.51. The van der Waals surface area contributed by atoms with Crippen molar-refractivity contribution in [1.29, 1.82) is 0 Å². The lowest BCUT2D eigenvalue weighted by molar-refractivity contribution is 0.171. The van der Waals surface area contributed by atoms with Gasteiger partial charge in [0.05, 0.1) is 11.0 Å². The fourth-order valence-corrected chi connectivity index (χ4v) is 4.15. The summed E-state index contributed by atoms with van der Waals surface area (Å²) in [6.07, 6.45) is 1.08. The average molecular weight is 490 g/mol. The van der Waals surface area contributed by atoms with Crippen LogP contribution in [0.25, 0.3) is 11.0 Å². The van der Waals surface area contributed by atoms with Crippen LogP contribution in [-0.4, -0.2) is 29.7 Å². The molecule has 0 atom stereocenters. The van der Waals surface area contributed by atoms with Gasteiger partial charge in [-0.3, -0.25) is 0 Å². The van der Waals surface area contributed by atoms with Crippen LogP contribution in [0.1, 0.15) is 27.2 Å². The number of rotatable bonds is 8. The highest BCUT2D eigenvalue weighted by atomic mass is 32.2. The molecular formula is C27H31N5O2S. The van der Waals surface area contributed by atoms with E-state index in [-0.39, 0.29) is 0 Å². The molecule has 0 unspecified atom stereocenters. The van der Waals surface area contributed by atoms with Gasteiger partial charge in [0.25, 0.3) is 0 Å². The molecular weight excluding hydrogens is 458 g/mol. The van der Waals surface area contributed by atoms with Gasteiger partial charge >= 0.3 is 0 Å². The molecule has 4 aromatic rings. The Morgan fingerprint density at radius 2 is 1.54 bits per heavy atom. The zero-order valence-electron chi connectivity index (χ0n) is 20.3. The van der Waals surface area contributed by atoms with Crippen molar-refractivity contribution in [1.82, 2.24) is 9.97 Å². The van der Waals surface area contributed by atoms with Crippen LogP contribution in [0, 0.1) is 0 Å². The van der Waals surface area contributed by atoms with Crippen LogP contribution >= 0.6 is 11.9 Å². The van der Waals surface area contributed by atoms with Crippen LogP contribution in [-0.2, 0) is 0 Å². The second kappa shape index (κ2) is 12.2. The fourth-order valence-electron chi connectivity index (χ4n) is 3.46. The summed E-state index contributed by atoms with van der Waals surface area (Å²) in [6.45, 7) is 8.21. The number of nitrogens with zero attached hydrogens (tertiary/aromatic N) is 2. The Labute approximate surface area is 210 Å². The van der Waals surface area contributed by atoms with Crippen LogP contribution in [0.4, 0.5) is 23.0 Å². The van der Waals surface area contributed by atoms with E-state index in [9.17, 15) is 0 Å². The van der Waals surface area contributed by atoms with E-state index in [0.717, 1.165) is 51.8 Å². The van der Waals surface area contributed by atoms with Crippen LogP contribution in [0.2, 0.25) is 0 Å². The molecule has 2 heterocycles. The SMILES string of the molecule is CC.CCCNc1cccc(SNc2nc3ccccc3nc2Nc2ccc3c(c2)OCCO3)c1. The molecule has 0 saturated carbocycles. The molecule has 0 amide bonds. The summed E-state index contributed by atoms with van der Waals surface area (Å²) in [6, 6.07) is 21.9. The van der Waals surface area contributed by atoms with Gasteiger partial charge in [0.15, 0.2) is 23.1 Å². The molecule has 5 rings (SSSR count). The fraction of sp³-hybridized carbons (Fsp3) is 0.259. The second-order valence-corrected chi connectivity index (χ2v) is 8.43. The second-order valence-electron chi connectivity index (χ2n) is 7.55. The molecule has 3 aromatic carbocycles. The summed E-state index contributed by atoms with van der Waals surface area (Å²) >= 11 is 1.50. The minimum absolute atomic E-state index is 0.544. The maximum absolute atomic E-state index is 5.72. The first-order valence-corrected chi connectivity index (χ1v) is 12.8. The molecule has 0 spiro atoms. The molecule has 182 valence electrons. The van der Waals surface area contributed by atoms with Gasteiger partial charge in [-0.15, -0.1) is 0 Å². The van der Waals surface area contributed by atoms with Crippen LogP contribution in [0.5, 0.6) is 11.5 Å². The van der Waals surface area contributed by atoms with Gasteiger partial charge in [-0.05, 0) is 60.8 Å². The third-order valence-electron chi connectivity index (χ3n) is 5.05. The molecule has 35 heavy (non-hydrogen) atoms. The minimum atomic E-state index is 0.544. The number of hydrogen-bond acceptors (Lipinski definition) is 8. The Morgan fingerprint density at radius 1 is 0.800 bits per heavy atom. The zero-order valence-corrected chi connectivity index (χ0v) is 21.1. The van der Waals surface area contributed by atoms with Crippen LogP contribution in [0.15, 0.2) is 71.6 Å². The summed E-state index contributed by atoms with van der Waals surface area (Å²) in [5, 5.41) is 6.82. The first kappa shape index (κ1) is 24.5. The van der Waals surface area contributed by atoms with Crippen LogP contribution < -0.4 is 24.8 Å². The van der Waals surface area contributed by atoms with E-state index in [1.165, 1.54) is 11.9 Å². The van der Waals surface area contributed by atoms with E-state index in [1.807, 2.05) is 62.4 Å². The normalized spacial score (nSPS) is 11.9. The maximum Gasteiger partial charge on any atom is 0.180 e. The molecule has 1 aliphatic rings. The number of hydrogen-bond donors (Lipinski definition) is 3. The summed E-state index contributed by atoms with van der Waals surface area (Å²) in [7, 11) is 0. The molecule has 0 fully saturated rings. The van der Waals surface area contributed by atoms with Crippen molar-refractivity contribution in [3.05, 3.63) is 66.7 Å². The molecule has 7 nitrogen and oxygen atoms in total. The van der Waals surface area contributed by atoms with Crippen molar-refractivity contribution in [3.63, 3.8) is 0 Å². The number of anilines is 4. The van der Waals surface area contributed by atoms with Crippen LogP contribution in [0.3, 0.4) is 0 Å². The third-order valence-corrected chi connectivity index (χ3v) is 5.84. The lowest BCUT2D eigenvalue weighted by atomic mass is 10.2. The molecule has 0 aliphatic carbocycles.